The number of halogens is 1. The standard InChI is InChI=1S/C20H20ClN5O3/c1-13-11-14(2)26(23-13)17-4-3-16(21)18(22-17)20(28)25-8-6-24(7-9-25)19(27)15-5-10-29-12-15/h3-5,10-12H,6-9H2,1-2H3. The van der Waals surface area contributed by atoms with E-state index in [9.17, 15) is 9.59 Å². The molecular formula is C20H20ClN5O3. The molecule has 9 heteroatoms. The maximum Gasteiger partial charge on any atom is 0.274 e. The highest BCUT2D eigenvalue weighted by Crippen LogP contribution is 2.20. The van der Waals surface area contributed by atoms with E-state index in [1.807, 2.05) is 19.9 Å². The predicted molar refractivity (Wildman–Crippen MR) is 106 cm³/mol. The molecule has 0 radical (unpaired) electrons. The molecule has 2 amide bonds. The van der Waals surface area contributed by atoms with Gasteiger partial charge >= 0.3 is 0 Å². The van der Waals surface area contributed by atoms with Gasteiger partial charge in [0.15, 0.2) is 5.82 Å². The van der Waals surface area contributed by atoms with Crippen molar-refractivity contribution in [2.45, 2.75) is 13.8 Å². The summed E-state index contributed by atoms with van der Waals surface area (Å²) in [7, 11) is 0. The maximum atomic E-state index is 13.0. The molecule has 8 nitrogen and oxygen atoms in total. The minimum Gasteiger partial charge on any atom is -0.472 e. The molecule has 1 saturated heterocycles. The molecule has 0 atom stereocenters. The number of aryl methyl sites for hydroxylation is 2. The van der Waals surface area contributed by atoms with Crippen LogP contribution in [0.4, 0.5) is 0 Å². The molecule has 1 aliphatic rings. The Morgan fingerprint density at radius 2 is 1.72 bits per heavy atom. The second-order valence-corrected chi connectivity index (χ2v) is 7.34. The molecule has 4 heterocycles. The molecule has 0 aliphatic carbocycles. The quantitative estimate of drug-likeness (QED) is 0.659. The number of carbonyl (C=O) groups is 2. The summed E-state index contributed by atoms with van der Waals surface area (Å²) in [5.41, 5.74) is 2.48. The molecule has 3 aromatic heterocycles. The number of rotatable bonds is 3. The zero-order chi connectivity index (χ0) is 20.5. The first-order valence-electron chi connectivity index (χ1n) is 9.25. The fourth-order valence-corrected chi connectivity index (χ4v) is 3.58. The fourth-order valence-electron chi connectivity index (χ4n) is 3.39. The number of carbonyl (C=O) groups excluding carboxylic acids is 2. The van der Waals surface area contributed by atoms with Gasteiger partial charge in [-0.15, -0.1) is 0 Å². The van der Waals surface area contributed by atoms with Crippen molar-refractivity contribution in [2.75, 3.05) is 26.2 Å². The van der Waals surface area contributed by atoms with Crippen LogP contribution in [-0.2, 0) is 0 Å². The van der Waals surface area contributed by atoms with Crippen molar-refractivity contribution in [2.24, 2.45) is 0 Å². The van der Waals surface area contributed by atoms with Crippen molar-refractivity contribution in [3.63, 3.8) is 0 Å². The summed E-state index contributed by atoms with van der Waals surface area (Å²) in [6, 6.07) is 6.97. The van der Waals surface area contributed by atoms with E-state index >= 15 is 0 Å². The molecule has 0 aromatic carbocycles. The number of nitrogens with zero attached hydrogens (tertiary/aromatic N) is 5. The summed E-state index contributed by atoms with van der Waals surface area (Å²) < 4.78 is 6.66. The lowest BCUT2D eigenvalue weighted by molar-refractivity contribution is 0.0532. The first-order chi connectivity index (χ1) is 13.9. The van der Waals surface area contributed by atoms with E-state index in [1.165, 1.54) is 12.5 Å². The SMILES string of the molecule is Cc1cc(C)n(-c2ccc(Cl)c(C(=O)N3CCN(C(=O)c4ccoc4)CC3)n2)n1. The van der Waals surface area contributed by atoms with E-state index < -0.39 is 0 Å². The van der Waals surface area contributed by atoms with Gasteiger partial charge in [-0.3, -0.25) is 9.59 Å². The topological polar surface area (TPSA) is 84.5 Å². The average Bonchev–Trinajstić information content (AvgIpc) is 3.37. The number of pyridine rings is 1. The molecule has 0 N–H and O–H groups in total. The third kappa shape index (κ3) is 3.75. The van der Waals surface area contributed by atoms with Crippen LogP contribution in [0.15, 0.2) is 41.2 Å². The van der Waals surface area contributed by atoms with Crippen molar-refractivity contribution < 1.29 is 14.0 Å². The molecule has 0 bridgehead atoms. The van der Waals surface area contributed by atoms with Crippen molar-refractivity contribution in [1.29, 1.82) is 0 Å². The van der Waals surface area contributed by atoms with E-state index in [-0.39, 0.29) is 22.5 Å². The van der Waals surface area contributed by atoms with Gasteiger partial charge in [0.2, 0.25) is 0 Å². The van der Waals surface area contributed by atoms with E-state index in [1.54, 1.807) is 32.7 Å². The highest BCUT2D eigenvalue weighted by molar-refractivity contribution is 6.33. The van der Waals surface area contributed by atoms with Crippen LogP contribution >= 0.6 is 11.6 Å². The normalized spacial score (nSPS) is 14.3. The minimum absolute atomic E-state index is 0.103. The zero-order valence-corrected chi connectivity index (χ0v) is 16.9. The van der Waals surface area contributed by atoms with Crippen molar-refractivity contribution in [3.05, 3.63) is 64.5 Å². The molecule has 0 unspecified atom stereocenters. The number of furan rings is 1. The molecule has 3 aromatic rings. The number of hydrogen-bond acceptors (Lipinski definition) is 5. The average molecular weight is 414 g/mol. The number of amides is 2. The monoisotopic (exact) mass is 413 g/mol. The Balaban J connectivity index is 1.49. The highest BCUT2D eigenvalue weighted by atomic mass is 35.5. The van der Waals surface area contributed by atoms with E-state index in [0.717, 1.165) is 11.4 Å². The summed E-state index contributed by atoms with van der Waals surface area (Å²) in [5, 5.41) is 4.70. The third-order valence-electron chi connectivity index (χ3n) is 4.88. The maximum absolute atomic E-state index is 13.0. The van der Waals surface area contributed by atoms with Crippen molar-refractivity contribution in [3.8, 4) is 5.82 Å². The minimum atomic E-state index is -0.256. The van der Waals surface area contributed by atoms with Crippen LogP contribution in [0.1, 0.15) is 32.2 Å². The van der Waals surface area contributed by atoms with Gasteiger partial charge in [0.25, 0.3) is 11.8 Å². The predicted octanol–water partition coefficient (Wildman–Crippen LogP) is 2.73. The summed E-state index contributed by atoms with van der Waals surface area (Å²) in [6.45, 7) is 5.51. The highest BCUT2D eigenvalue weighted by Gasteiger charge is 2.28. The molecular weight excluding hydrogens is 394 g/mol. The van der Waals surface area contributed by atoms with Gasteiger partial charge < -0.3 is 14.2 Å². The summed E-state index contributed by atoms with van der Waals surface area (Å²) in [4.78, 5) is 33.3. The van der Waals surface area contributed by atoms with Crippen LogP contribution in [0.5, 0.6) is 0 Å². The van der Waals surface area contributed by atoms with E-state index in [2.05, 4.69) is 10.1 Å². The molecule has 1 aliphatic heterocycles. The third-order valence-corrected chi connectivity index (χ3v) is 5.19. The number of piperazine rings is 1. The number of hydrogen-bond donors (Lipinski definition) is 0. The van der Waals surface area contributed by atoms with Gasteiger partial charge in [-0.05, 0) is 38.1 Å². The lowest BCUT2D eigenvalue weighted by atomic mass is 10.2. The fraction of sp³-hybridized carbons (Fsp3) is 0.300. The molecule has 29 heavy (non-hydrogen) atoms. The van der Waals surface area contributed by atoms with E-state index in [0.29, 0.717) is 37.6 Å². The van der Waals surface area contributed by atoms with Crippen LogP contribution in [0, 0.1) is 13.8 Å². The molecule has 1 fully saturated rings. The van der Waals surface area contributed by atoms with Crippen molar-refractivity contribution >= 4 is 23.4 Å². The van der Waals surface area contributed by atoms with Gasteiger partial charge in [-0.25, -0.2) is 9.67 Å². The van der Waals surface area contributed by atoms with Gasteiger partial charge in [0, 0.05) is 31.9 Å². The lowest BCUT2D eigenvalue weighted by Crippen LogP contribution is -2.50. The van der Waals surface area contributed by atoms with Crippen LogP contribution in [0.25, 0.3) is 5.82 Å². The molecule has 150 valence electrons. The first kappa shape index (κ1) is 19.2. The van der Waals surface area contributed by atoms with Gasteiger partial charge in [-0.1, -0.05) is 11.6 Å². The Morgan fingerprint density at radius 1 is 1.03 bits per heavy atom. The second-order valence-electron chi connectivity index (χ2n) is 6.94. The second kappa shape index (κ2) is 7.71. The first-order valence-corrected chi connectivity index (χ1v) is 9.63. The van der Waals surface area contributed by atoms with Crippen LogP contribution in [0.3, 0.4) is 0 Å². The zero-order valence-electron chi connectivity index (χ0n) is 16.1. The molecule has 0 spiro atoms. The summed E-state index contributed by atoms with van der Waals surface area (Å²) >= 11 is 6.27. The Hall–Kier alpha value is -3.13. The Bertz CT molecular complexity index is 1050. The van der Waals surface area contributed by atoms with E-state index in [4.69, 9.17) is 16.0 Å². The van der Waals surface area contributed by atoms with Crippen LogP contribution < -0.4 is 0 Å². The lowest BCUT2D eigenvalue weighted by Gasteiger charge is -2.34. The van der Waals surface area contributed by atoms with Crippen LogP contribution in [0.2, 0.25) is 5.02 Å². The summed E-state index contributed by atoms with van der Waals surface area (Å²) in [6.07, 6.45) is 2.89. The largest absolute Gasteiger partial charge is 0.472 e. The Labute approximate surface area is 172 Å². The molecule has 0 saturated carbocycles. The van der Waals surface area contributed by atoms with Gasteiger partial charge in [0.05, 0.1) is 22.5 Å². The smallest absolute Gasteiger partial charge is 0.274 e. The summed E-state index contributed by atoms with van der Waals surface area (Å²) in [5.74, 6) is 0.180. The van der Waals surface area contributed by atoms with Crippen molar-refractivity contribution in [1.82, 2.24) is 24.6 Å². The van der Waals surface area contributed by atoms with Crippen LogP contribution in [-0.4, -0.2) is 62.6 Å². The van der Waals surface area contributed by atoms with Gasteiger partial charge in [0.1, 0.15) is 12.0 Å². The Morgan fingerprint density at radius 3 is 2.31 bits per heavy atom. The van der Waals surface area contributed by atoms with Gasteiger partial charge in [-0.2, -0.15) is 5.10 Å². The number of aromatic nitrogens is 3. The Kier molecular flexibility index (Phi) is 5.10. The molecule has 4 rings (SSSR count).